The molecule has 0 unspecified atom stereocenters. The summed E-state index contributed by atoms with van der Waals surface area (Å²) in [6.07, 6.45) is 0. The third kappa shape index (κ3) is 4.11. The number of carbonyl (C=O) groups is 1. The first-order valence-corrected chi connectivity index (χ1v) is 7.96. The van der Waals surface area contributed by atoms with E-state index in [0.29, 0.717) is 17.2 Å². The Labute approximate surface area is 142 Å². The van der Waals surface area contributed by atoms with Crippen LogP contribution in [0.2, 0.25) is 5.02 Å². The highest BCUT2D eigenvalue weighted by atomic mass is 127. The normalized spacial score (nSPS) is 10.3. The van der Waals surface area contributed by atoms with E-state index in [1.54, 1.807) is 12.1 Å². The van der Waals surface area contributed by atoms with E-state index in [-0.39, 0.29) is 5.91 Å². The summed E-state index contributed by atoms with van der Waals surface area (Å²) >= 11 is 8.17. The highest BCUT2D eigenvalue weighted by Crippen LogP contribution is 2.23. The zero-order valence-electron chi connectivity index (χ0n) is 11.7. The Morgan fingerprint density at radius 3 is 2.67 bits per heavy atom. The van der Waals surface area contributed by atoms with Crippen LogP contribution in [-0.2, 0) is 0 Å². The second-order valence-electron chi connectivity index (χ2n) is 4.49. The highest BCUT2D eigenvalue weighted by Gasteiger charge is 2.10. The molecule has 110 valence electrons. The van der Waals surface area contributed by atoms with Crippen molar-refractivity contribution in [2.75, 3.05) is 11.9 Å². The Kier molecular flexibility index (Phi) is 5.47. The maximum atomic E-state index is 12.2. The average Bonchev–Trinajstić information content (AvgIpc) is 2.45. The minimum absolute atomic E-state index is 0.180. The van der Waals surface area contributed by atoms with Crippen molar-refractivity contribution >= 4 is 45.8 Å². The van der Waals surface area contributed by atoms with Crippen LogP contribution in [0.25, 0.3) is 0 Å². The van der Waals surface area contributed by atoms with Gasteiger partial charge in [-0.3, -0.25) is 4.79 Å². The average molecular weight is 416 g/mol. The van der Waals surface area contributed by atoms with Gasteiger partial charge in [-0.1, -0.05) is 11.6 Å². The van der Waals surface area contributed by atoms with Crippen LogP contribution in [-0.4, -0.2) is 12.5 Å². The molecule has 2 aromatic carbocycles. The van der Waals surface area contributed by atoms with Crippen LogP contribution >= 0.6 is 34.2 Å². The number of hydrogen-bond donors (Lipinski definition) is 1. The van der Waals surface area contributed by atoms with Gasteiger partial charge >= 0.3 is 0 Å². The summed E-state index contributed by atoms with van der Waals surface area (Å²) in [7, 11) is 0. The molecule has 0 saturated heterocycles. The van der Waals surface area contributed by atoms with E-state index >= 15 is 0 Å². The van der Waals surface area contributed by atoms with Crippen LogP contribution in [0.5, 0.6) is 5.75 Å². The van der Waals surface area contributed by atoms with E-state index < -0.39 is 0 Å². The number of halogens is 2. The van der Waals surface area contributed by atoms with Crippen molar-refractivity contribution in [1.82, 2.24) is 0 Å². The molecule has 0 heterocycles. The van der Waals surface area contributed by atoms with Gasteiger partial charge in [0.15, 0.2) is 0 Å². The number of hydrogen-bond acceptors (Lipinski definition) is 2. The molecule has 0 fully saturated rings. The first-order chi connectivity index (χ1) is 10.0. The quantitative estimate of drug-likeness (QED) is 0.721. The smallest absolute Gasteiger partial charge is 0.255 e. The number of carbonyl (C=O) groups excluding carboxylic acids is 1. The molecule has 2 aromatic rings. The molecule has 0 aliphatic rings. The van der Waals surface area contributed by atoms with E-state index in [1.165, 1.54) is 0 Å². The summed E-state index contributed by atoms with van der Waals surface area (Å²) in [5, 5.41) is 3.46. The first-order valence-electron chi connectivity index (χ1n) is 6.51. The van der Waals surface area contributed by atoms with Crippen LogP contribution in [0.15, 0.2) is 36.4 Å². The topological polar surface area (TPSA) is 38.3 Å². The van der Waals surface area contributed by atoms with Crippen molar-refractivity contribution in [3.63, 3.8) is 0 Å². The van der Waals surface area contributed by atoms with Crippen LogP contribution in [0.4, 0.5) is 5.69 Å². The maximum Gasteiger partial charge on any atom is 0.255 e. The predicted molar refractivity (Wildman–Crippen MR) is 94.5 cm³/mol. The van der Waals surface area contributed by atoms with E-state index in [4.69, 9.17) is 16.3 Å². The molecule has 5 heteroatoms. The molecule has 0 aromatic heterocycles. The maximum absolute atomic E-state index is 12.2. The molecule has 1 amide bonds. The molecule has 0 saturated carbocycles. The third-order valence-electron chi connectivity index (χ3n) is 2.94. The minimum atomic E-state index is -0.180. The van der Waals surface area contributed by atoms with Crippen molar-refractivity contribution in [3.05, 3.63) is 56.1 Å². The molecule has 0 spiro atoms. The lowest BCUT2D eigenvalue weighted by atomic mass is 10.1. The molecule has 0 aliphatic carbocycles. The molecule has 2 rings (SSSR count). The van der Waals surface area contributed by atoms with E-state index in [2.05, 4.69) is 27.9 Å². The van der Waals surface area contributed by atoms with Crippen molar-refractivity contribution < 1.29 is 9.53 Å². The fourth-order valence-corrected chi connectivity index (χ4v) is 2.38. The van der Waals surface area contributed by atoms with Crippen LogP contribution in [0, 0.1) is 10.5 Å². The van der Waals surface area contributed by atoms with Crippen LogP contribution in [0.1, 0.15) is 22.8 Å². The summed E-state index contributed by atoms with van der Waals surface area (Å²) in [5.74, 6) is 0.617. The van der Waals surface area contributed by atoms with Crippen LogP contribution in [0.3, 0.4) is 0 Å². The van der Waals surface area contributed by atoms with Crippen molar-refractivity contribution in [2.24, 2.45) is 0 Å². The molecule has 0 aliphatic heterocycles. The van der Waals surface area contributed by atoms with Crippen molar-refractivity contribution in [1.29, 1.82) is 0 Å². The number of anilines is 1. The standard InChI is InChI=1S/C16H15ClINO2/c1-3-21-12-5-7-15(10(2)8-12)19-16(20)11-4-6-14(18)13(17)9-11/h4-9H,3H2,1-2H3,(H,19,20). The Morgan fingerprint density at radius 1 is 1.29 bits per heavy atom. The lowest BCUT2D eigenvalue weighted by molar-refractivity contribution is 0.102. The largest absolute Gasteiger partial charge is 0.494 e. The van der Waals surface area contributed by atoms with Gasteiger partial charge in [0.2, 0.25) is 0 Å². The van der Waals surface area contributed by atoms with Crippen molar-refractivity contribution in [3.8, 4) is 5.75 Å². The van der Waals surface area contributed by atoms with Gasteiger partial charge in [-0.25, -0.2) is 0 Å². The minimum Gasteiger partial charge on any atom is -0.494 e. The predicted octanol–water partition coefficient (Wildman–Crippen LogP) is 4.90. The monoisotopic (exact) mass is 415 g/mol. The third-order valence-corrected chi connectivity index (χ3v) is 4.51. The van der Waals surface area contributed by atoms with E-state index in [1.807, 2.05) is 38.1 Å². The first kappa shape index (κ1) is 16.1. The lowest BCUT2D eigenvalue weighted by Crippen LogP contribution is -2.13. The number of ether oxygens (including phenoxy) is 1. The van der Waals surface area contributed by atoms with E-state index in [9.17, 15) is 4.79 Å². The molecule has 1 N–H and O–H groups in total. The lowest BCUT2D eigenvalue weighted by Gasteiger charge is -2.11. The SMILES string of the molecule is CCOc1ccc(NC(=O)c2ccc(I)c(Cl)c2)c(C)c1. The summed E-state index contributed by atoms with van der Waals surface area (Å²) in [5.41, 5.74) is 2.25. The van der Waals surface area contributed by atoms with Crippen molar-refractivity contribution in [2.45, 2.75) is 13.8 Å². The number of amides is 1. The summed E-state index contributed by atoms with van der Waals surface area (Å²) in [4.78, 5) is 12.2. The van der Waals surface area contributed by atoms with Gasteiger partial charge in [-0.05, 0) is 78.4 Å². The number of aryl methyl sites for hydroxylation is 1. The summed E-state index contributed by atoms with van der Waals surface area (Å²) < 4.78 is 6.35. The molecule has 0 radical (unpaired) electrons. The number of nitrogens with one attached hydrogen (secondary N) is 1. The van der Waals surface area contributed by atoms with Gasteiger partial charge in [-0.15, -0.1) is 0 Å². The fraction of sp³-hybridized carbons (Fsp3) is 0.188. The molecule has 3 nitrogen and oxygen atoms in total. The fourth-order valence-electron chi connectivity index (χ4n) is 1.86. The Balaban J connectivity index is 2.17. The molecule has 0 bridgehead atoms. The Hall–Kier alpha value is -1.27. The zero-order chi connectivity index (χ0) is 15.4. The zero-order valence-corrected chi connectivity index (χ0v) is 14.7. The summed E-state index contributed by atoms with van der Waals surface area (Å²) in [6, 6.07) is 10.8. The van der Waals surface area contributed by atoms with Crippen LogP contribution < -0.4 is 10.1 Å². The molecule has 21 heavy (non-hydrogen) atoms. The molecular formula is C16H15ClINO2. The van der Waals surface area contributed by atoms with Gasteiger partial charge in [0, 0.05) is 14.8 Å². The van der Waals surface area contributed by atoms with E-state index in [0.717, 1.165) is 20.6 Å². The van der Waals surface area contributed by atoms with Gasteiger partial charge in [0.05, 0.1) is 11.6 Å². The Morgan fingerprint density at radius 2 is 2.05 bits per heavy atom. The van der Waals surface area contributed by atoms with Gasteiger partial charge in [0.1, 0.15) is 5.75 Å². The van der Waals surface area contributed by atoms with Gasteiger partial charge in [0.25, 0.3) is 5.91 Å². The Bertz CT molecular complexity index is 673. The summed E-state index contributed by atoms with van der Waals surface area (Å²) in [6.45, 7) is 4.48. The molecular weight excluding hydrogens is 401 g/mol. The second-order valence-corrected chi connectivity index (χ2v) is 6.06. The second kappa shape index (κ2) is 7.13. The highest BCUT2D eigenvalue weighted by molar-refractivity contribution is 14.1. The number of rotatable bonds is 4. The molecule has 0 atom stereocenters. The van der Waals surface area contributed by atoms with Gasteiger partial charge in [-0.2, -0.15) is 0 Å². The van der Waals surface area contributed by atoms with Gasteiger partial charge < -0.3 is 10.1 Å². The number of benzene rings is 2.